The van der Waals surface area contributed by atoms with E-state index in [9.17, 15) is 26.7 Å². The molecule has 0 radical (unpaired) electrons. The topological polar surface area (TPSA) is 158 Å². The molecule has 4 N–H and O–H groups in total. The summed E-state index contributed by atoms with van der Waals surface area (Å²) in [5.41, 5.74) is 1.38. The first-order chi connectivity index (χ1) is 19.1. The third-order valence-corrected chi connectivity index (χ3v) is 9.96. The Kier molecular flexibility index (Phi) is 9.24. The van der Waals surface area contributed by atoms with Gasteiger partial charge in [0.1, 0.15) is 0 Å². The van der Waals surface area contributed by atoms with E-state index in [1.165, 1.54) is 24.3 Å². The third-order valence-electron chi connectivity index (χ3n) is 6.71. The van der Waals surface area contributed by atoms with Crippen molar-refractivity contribution in [3.8, 4) is 17.1 Å². The number of sulfone groups is 1. The fourth-order valence-corrected chi connectivity index (χ4v) is 7.13. The van der Waals surface area contributed by atoms with E-state index in [4.69, 9.17) is 0 Å². The van der Waals surface area contributed by atoms with Gasteiger partial charge in [-0.1, -0.05) is 44.0 Å². The predicted octanol–water partition coefficient (Wildman–Crippen LogP) is 3.62. The van der Waals surface area contributed by atoms with Crippen molar-refractivity contribution in [1.82, 2.24) is 15.0 Å². The van der Waals surface area contributed by atoms with Gasteiger partial charge in [0.2, 0.25) is 10.0 Å². The van der Waals surface area contributed by atoms with E-state index in [1.807, 2.05) is 14.0 Å². The summed E-state index contributed by atoms with van der Waals surface area (Å²) in [6.45, 7) is 3.07. The molecule has 0 bridgehead atoms. The standard InChI is InChI=1S/C28H34N4O6S2/c1-3-4-7-16-39(35,36)21-12-8-10-19(17-21)25-23-24(28(34)31-25)26(32-27(23)33)20-11-9-13-22(18-20)40(37,38)30-15-6-5-14-29-2/h8-13,17-18,29-30,32-33H,3-7,14-16H2,1-2H3. The van der Waals surface area contributed by atoms with Crippen LogP contribution < -0.4 is 10.0 Å². The van der Waals surface area contributed by atoms with Crippen molar-refractivity contribution in [2.45, 2.75) is 48.8 Å². The number of rotatable bonds is 14. The van der Waals surface area contributed by atoms with Gasteiger partial charge in [0, 0.05) is 17.7 Å². The van der Waals surface area contributed by atoms with Crippen LogP contribution in [-0.4, -0.2) is 64.4 Å². The average Bonchev–Trinajstić information content (AvgIpc) is 3.46. The van der Waals surface area contributed by atoms with Crippen molar-refractivity contribution in [3.63, 3.8) is 0 Å². The molecular formula is C28H34N4O6S2. The number of nitrogens with one attached hydrogen (secondary N) is 3. The summed E-state index contributed by atoms with van der Waals surface area (Å²) in [6, 6.07) is 12.3. The van der Waals surface area contributed by atoms with Crippen molar-refractivity contribution in [2.24, 2.45) is 4.99 Å². The van der Waals surface area contributed by atoms with Crippen molar-refractivity contribution in [3.05, 3.63) is 65.2 Å². The van der Waals surface area contributed by atoms with Gasteiger partial charge in [0.25, 0.3) is 5.91 Å². The van der Waals surface area contributed by atoms with Crippen LogP contribution in [0.25, 0.3) is 11.3 Å². The molecule has 0 unspecified atom stereocenters. The molecular weight excluding hydrogens is 552 g/mol. The number of carbonyl (C=O) groups is 1. The van der Waals surface area contributed by atoms with Crippen molar-refractivity contribution >= 4 is 31.5 Å². The van der Waals surface area contributed by atoms with Gasteiger partial charge in [0.15, 0.2) is 15.7 Å². The molecule has 1 aliphatic heterocycles. The number of aliphatic imine (C=N–C) groups is 1. The Hall–Kier alpha value is -3.32. The van der Waals surface area contributed by atoms with E-state index in [1.54, 1.807) is 24.3 Å². The zero-order valence-electron chi connectivity index (χ0n) is 22.5. The van der Waals surface area contributed by atoms with Crippen LogP contribution in [0.1, 0.15) is 60.5 Å². The molecule has 0 aliphatic carbocycles. The zero-order valence-corrected chi connectivity index (χ0v) is 24.2. The first-order valence-corrected chi connectivity index (χ1v) is 16.4. The molecule has 2 aromatic carbocycles. The zero-order chi connectivity index (χ0) is 28.9. The van der Waals surface area contributed by atoms with E-state index in [-0.39, 0.29) is 50.5 Å². The molecule has 0 fully saturated rings. The number of amides is 1. The maximum Gasteiger partial charge on any atom is 0.280 e. The van der Waals surface area contributed by atoms with E-state index >= 15 is 0 Å². The van der Waals surface area contributed by atoms with Crippen molar-refractivity contribution < 1.29 is 26.7 Å². The van der Waals surface area contributed by atoms with Gasteiger partial charge in [-0.15, -0.1) is 0 Å². The highest BCUT2D eigenvalue weighted by Crippen LogP contribution is 2.38. The highest BCUT2D eigenvalue weighted by molar-refractivity contribution is 7.91. The summed E-state index contributed by atoms with van der Waals surface area (Å²) in [5, 5.41) is 13.8. The van der Waals surface area contributed by atoms with Crippen LogP contribution in [0.15, 0.2) is 63.3 Å². The molecule has 1 aromatic heterocycles. The second-order valence-corrected chi connectivity index (χ2v) is 13.5. The number of sulfonamides is 1. The predicted molar refractivity (Wildman–Crippen MR) is 154 cm³/mol. The van der Waals surface area contributed by atoms with Crippen LogP contribution in [0.4, 0.5) is 0 Å². The minimum atomic E-state index is -3.80. The van der Waals surface area contributed by atoms with Crippen molar-refractivity contribution in [1.29, 1.82) is 0 Å². The second-order valence-electron chi connectivity index (χ2n) is 9.65. The smallest absolute Gasteiger partial charge is 0.280 e. The van der Waals surface area contributed by atoms with E-state index in [0.29, 0.717) is 24.0 Å². The van der Waals surface area contributed by atoms with E-state index in [0.717, 1.165) is 25.8 Å². The van der Waals surface area contributed by atoms with Gasteiger partial charge in [-0.25, -0.2) is 26.6 Å². The number of benzene rings is 2. The van der Waals surface area contributed by atoms with Gasteiger partial charge >= 0.3 is 0 Å². The Morgan fingerprint density at radius 1 is 0.875 bits per heavy atom. The summed E-state index contributed by atoms with van der Waals surface area (Å²) in [5.74, 6) is -0.921. The Labute approximate surface area is 234 Å². The Bertz CT molecular complexity index is 1640. The molecule has 0 spiro atoms. The quantitative estimate of drug-likeness (QED) is 0.210. The molecule has 40 heavy (non-hydrogen) atoms. The highest BCUT2D eigenvalue weighted by Gasteiger charge is 2.34. The Morgan fingerprint density at radius 3 is 2.27 bits per heavy atom. The lowest BCUT2D eigenvalue weighted by molar-refractivity contribution is 0.101. The number of carbonyl (C=O) groups excluding carboxylic acids is 1. The lowest BCUT2D eigenvalue weighted by Gasteiger charge is -2.08. The number of aromatic hydroxyl groups is 1. The van der Waals surface area contributed by atoms with Crippen LogP contribution in [0.2, 0.25) is 0 Å². The molecule has 3 aromatic rings. The number of fused-ring (bicyclic) bond motifs is 1. The van der Waals surface area contributed by atoms with Gasteiger partial charge in [-0.3, -0.25) is 4.79 Å². The number of aromatic amines is 1. The maximum absolute atomic E-state index is 13.0. The summed E-state index contributed by atoms with van der Waals surface area (Å²) in [4.78, 5) is 20.1. The summed E-state index contributed by atoms with van der Waals surface area (Å²) < 4.78 is 54.0. The minimum Gasteiger partial charge on any atom is -0.494 e. The highest BCUT2D eigenvalue weighted by atomic mass is 32.2. The molecule has 1 aliphatic rings. The Morgan fingerprint density at radius 2 is 1.55 bits per heavy atom. The SMILES string of the molecule is CCCCCS(=O)(=O)c1cccc(C2=NC(=O)c3c(-c4cccc(S(=O)(=O)NCCCCNC)c4)[nH]c(O)c32)c1. The van der Waals surface area contributed by atoms with Gasteiger partial charge < -0.3 is 15.4 Å². The number of nitrogens with zero attached hydrogens (tertiary/aromatic N) is 1. The van der Waals surface area contributed by atoms with Gasteiger partial charge in [0.05, 0.1) is 38.1 Å². The molecule has 12 heteroatoms. The molecule has 2 heterocycles. The number of H-pyrrole nitrogens is 1. The van der Waals surface area contributed by atoms with Crippen LogP contribution in [0.5, 0.6) is 5.88 Å². The Balaban J connectivity index is 1.64. The van der Waals surface area contributed by atoms with Crippen LogP contribution in [-0.2, 0) is 19.9 Å². The summed E-state index contributed by atoms with van der Waals surface area (Å²) in [7, 11) is -5.49. The van der Waals surface area contributed by atoms with Crippen LogP contribution in [0, 0.1) is 0 Å². The first kappa shape index (κ1) is 29.7. The van der Waals surface area contributed by atoms with Gasteiger partial charge in [-0.2, -0.15) is 0 Å². The lowest BCUT2D eigenvalue weighted by atomic mass is 10.0. The summed E-state index contributed by atoms with van der Waals surface area (Å²) >= 11 is 0. The molecule has 0 atom stereocenters. The molecule has 0 saturated carbocycles. The number of hydrogen-bond donors (Lipinski definition) is 4. The van der Waals surface area contributed by atoms with E-state index < -0.39 is 25.8 Å². The minimum absolute atomic E-state index is 0.0184. The normalized spacial score (nSPS) is 13.4. The number of unbranched alkanes of at least 4 members (excludes halogenated alkanes) is 3. The molecule has 1 amide bonds. The number of aromatic nitrogens is 1. The first-order valence-electron chi connectivity index (χ1n) is 13.2. The lowest BCUT2D eigenvalue weighted by Crippen LogP contribution is -2.25. The number of hydrogen-bond acceptors (Lipinski definition) is 7. The fourth-order valence-electron chi connectivity index (χ4n) is 4.60. The molecule has 4 rings (SSSR count). The van der Waals surface area contributed by atoms with Gasteiger partial charge in [-0.05, 0) is 57.1 Å². The average molecular weight is 587 g/mol. The molecule has 214 valence electrons. The second kappa shape index (κ2) is 12.5. The van der Waals surface area contributed by atoms with E-state index in [2.05, 4.69) is 20.0 Å². The fraction of sp³-hybridized carbons (Fsp3) is 0.357. The largest absolute Gasteiger partial charge is 0.494 e. The molecule has 10 nitrogen and oxygen atoms in total. The monoisotopic (exact) mass is 586 g/mol. The maximum atomic E-state index is 13.0. The third kappa shape index (κ3) is 6.35. The van der Waals surface area contributed by atoms with Crippen LogP contribution in [0.3, 0.4) is 0 Å². The molecule has 0 saturated heterocycles. The summed E-state index contributed by atoms with van der Waals surface area (Å²) in [6.07, 6.45) is 3.75. The van der Waals surface area contributed by atoms with Crippen LogP contribution >= 0.6 is 0 Å². The van der Waals surface area contributed by atoms with Crippen molar-refractivity contribution in [2.75, 3.05) is 25.9 Å².